The molecule has 0 spiro atoms. The van der Waals surface area contributed by atoms with Crippen LogP contribution < -0.4 is 10.1 Å². The number of hydrogen-bond donors (Lipinski definition) is 1. The second kappa shape index (κ2) is 7.66. The Balaban J connectivity index is 1.54. The highest BCUT2D eigenvalue weighted by Gasteiger charge is 2.18. The van der Waals surface area contributed by atoms with Crippen molar-refractivity contribution < 1.29 is 14.1 Å². The molecule has 140 valence electrons. The van der Waals surface area contributed by atoms with Crippen molar-refractivity contribution in [2.75, 3.05) is 11.9 Å². The van der Waals surface area contributed by atoms with Gasteiger partial charge in [0.15, 0.2) is 6.61 Å². The molecule has 0 aliphatic rings. The van der Waals surface area contributed by atoms with Crippen molar-refractivity contribution in [2.45, 2.75) is 6.92 Å². The number of hydrogen-bond acceptors (Lipinski definition) is 6. The van der Waals surface area contributed by atoms with E-state index in [9.17, 15) is 4.79 Å². The van der Waals surface area contributed by atoms with Gasteiger partial charge in [0, 0.05) is 16.3 Å². The smallest absolute Gasteiger partial charge is 0.265 e. The molecule has 28 heavy (non-hydrogen) atoms. The highest BCUT2D eigenvalue weighted by atomic mass is 35.5. The van der Waals surface area contributed by atoms with E-state index < -0.39 is 0 Å². The molecule has 2 aromatic carbocycles. The van der Waals surface area contributed by atoms with Crippen LogP contribution >= 0.6 is 11.6 Å². The number of carbonyl (C=O) groups is 1. The summed E-state index contributed by atoms with van der Waals surface area (Å²) in [7, 11) is 0. The van der Waals surface area contributed by atoms with Gasteiger partial charge >= 0.3 is 0 Å². The van der Waals surface area contributed by atoms with E-state index in [1.54, 1.807) is 12.1 Å². The van der Waals surface area contributed by atoms with E-state index in [0.29, 0.717) is 21.8 Å². The van der Waals surface area contributed by atoms with Crippen LogP contribution in [0.1, 0.15) is 5.56 Å². The molecule has 0 atom stereocenters. The number of nitrogens with one attached hydrogen (secondary N) is 1. The van der Waals surface area contributed by atoms with Crippen molar-refractivity contribution in [2.24, 2.45) is 0 Å². The van der Waals surface area contributed by atoms with Crippen molar-refractivity contribution in [3.8, 4) is 17.1 Å². The number of fused-ring (bicyclic) bond motifs is 1. The van der Waals surface area contributed by atoms with E-state index in [-0.39, 0.29) is 24.1 Å². The minimum absolute atomic E-state index is 0.224. The second-order valence-electron chi connectivity index (χ2n) is 6.06. The van der Waals surface area contributed by atoms with Crippen LogP contribution in [0, 0.1) is 6.92 Å². The highest BCUT2D eigenvalue weighted by Crippen LogP contribution is 2.32. The first kappa shape index (κ1) is 17.9. The summed E-state index contributed by atoms with van der Waals surface area (Å²) in [6, 6.07) is 14.8. The summed E-state index contributed by atoms with van der Waals surface area (Å²) in [5.74, 6) is -0.119. The fourth-order valence-corrected chi connectivity index (χ4v) is 2.85. The quantitative estimate of drug-likeness (QED) is 0.543. The van der Waals surface area contributed by atoms with E-state index in [1.807, 2.05) is 43.3 Å². The lowest BCUT2D eigenvalue weighted by Crippen LogP contribution is -2.20. The van der Waals surface area contributed by atoms with Gasteiger partial charge in [-0.15, -0.1) is 0 Å². The number of amides is 1. The molecule has 0 bridgehead atoms. The van der Waals surface area contributed by atoms with Crippen LogP contribution in [0.4, 0.5) is 5.69 Å². The zero-order valence-electron chi connectivity index (χ0n) is 14.8. The van der Waals surface area contributed by atoms with Crippen LogP contribution in [0.15, 0.2) is 59.4 Å². The third-order valence-electron chi connectivity index (χ3n) is 4.08. The standard InChI is InChI=1S/C20H15ClN4O3/c1-12-7-8-14(9-15(12)21)24-16(26)10-27-19-17-18(13-5-3-2-4-6-13)25-28-20(17)23-11-22-19/h2-9,11H,10H2,1H3,(H,24,26). The van der Waals surface area contributed by atoms with E-state index >= 15 is 0 Å². The van der Waals surface area contributed by atoms with E-state index in [2.05, 4.69) is 20.4 Å². The van der Waals surface area contributed by atoms with Gasteiger partial charge in [0.25, 0.3) is 11.6 Å². The van der Waals surface area contributed by atoms with Gasteiger partial charge in [0.2, 0.25) is 5.88 Å². The van der Waals surface area contributed by atoms with Crippen LogP contribution in [0.25, 0.3) is 22.4 Å². The van der Waals surface area contributed by atoms with Crippen LogP contribution in [0.5, 0.6) is 5.88 Å². The summed E-state index contributed by atoms with van der Waals surface area (Å²) in [6.07, 6.45) is 1.30. The lowest BCUT2D eigenvalue weighted by atomic mass is 10.1. The van der Waals surface area contributed by atoms with Gasteiger partial charge in [-0.05, 0) is 24.6 Å². The van der Waals surface area contributed by atoms with Gasteiger partial charge in [0.05, 0.1) is 0 Å². The number of nitrogens with zero attached hydrogens (tertiary/aromatic N) is 3. The third kappa shape index (κ3) is 3.65. The lowest BCUT2D eigenvalue weighted by molar-refractivity contribution is -0.118. The molecule has 7 nitrogen and oxygen atoms in total. The fraction of sp³-hybridized carbons (Fsp3) is 0.100. The number of aryl methyl sites for hydroxylation is 1. The Morgan fingerprint density at radius 2 is 2.00 bits per heavy atom. The molecule has 1 amide bonds. The summed E-state index contributed by atoms with van der Waals surface area (Å²) >= 11 is 6.08. The number of benzene rings is 2. The third-order valence-corrected chi connectivity index (χ3v) is 4.49. The molecule has 2 aromatic heterocycles. The van der Waals surface area contributed by atoms with E-state index in [4.69, 9.17) is 20.9 Å². The average molecular weight is 395 g/mol. The van der Waals surface area contributed by atoms with Gasteiger partial charge < -0.3 is 14.6 Å². The van der Waals surface area contributed by atoms with Crippen molar-refractivity contribution >= 4 is 34.3 Å². The molecule has 0 aliphatic heterocycles. The zero-order chi connectivity index (χ0) is 19.5. The first-order chi connectivity index (χ1) is 13.6. The monoisotopic (exact) mass is 394 g/mol. The van der Waals surface area contributed by atoms with E-state index in [1.165, 1.54) is 6.33 Å². The highest BCUT2D eigenvalue weighted by molar-refractivity contribution is 6.31. The summed E-state index contributed by atoms with van der Waals surface area (Å²) in [6.45, 7) is 1.65. The predicted octanol–water partition coefficient (Wildman–Crippen LogP) is 4.26. The zero-order valence-corrected chi connectivity index (χ0v) is 15.6. The normalized spacial score (nSPS) is 10.8. The molecule has 4 rings (SSSR count). The van der Waals surface area contributed by atoms with Crippen LogP contribution in [0.2, 0.25) is 5.02 Å². The number of ether oxygens (including phenoxy) is 1. The van der Waals surface area contributed by atoms with Gasteiger partial charge in [-0.2, -0.15) is 4.98 Å². The van der Waals surface area contributed by atoms with Gasteiger partial charge in [-0.3, -0.25) is 4.79 Å². The molecule has 0 saturated carbocycles. The lowest BCUT2D eigenvalue weighted by Gasteiger charge is -2.08. The van der Waals surface area contributed by atoms with Gasteiger partial charge in [-0.1, -0.05) is 53.2 Å². The maximum absolute atomic E-state index is 12.2. The Kier molecular flexibility index (Phi) is 4.90. The maximum Gasteiger partial charge on any atom is 0.265 e. The summed E-state index contributed by atoms with van der Waals surface area (Å²) in [4.78, 5) is 20.5. The molecule has 0 saturated heterocycles. The molecule has 0 aliphatic carbocycles. The Labute approximate surface area is 165 Å². The minimum atomic E-state index is -0.343. The topological polar surface area (TPSA) is 90.1 Å². The molecule has 1 N–H and O–H groups in total. The first-order valence-electron chi connectivity index (χ1n) is 8.46. The SMILES string of the molecule is Cc1ccc(NC(=O)COc2ncnc3onc(-c4ccccc4)c23)cc1Cl. The molecule has 0 radical (unpaired) electrons. The molecule has 0 fully saturated rings. The molecule has 8 heteroatoms. The van der Waals surface area contributed by atoms with Gasteiger partial charge in [-0.25, -0.2) is 4.98 Å². The summed E-state index contributed by atoms with van der Waals surface area (Å²) in [5.41, 5.74) is 3.19. The van der Waals surface area contributed by atoms with Crippen LogP contribution in [0.3, 0.4) is 0 Å². The second-order valence-corrected chi connectivity index (χ2v) is 6.46. The Bertz CT molecular complexity index is 1140. The molecular formula is C20H15ClN4O3. The number of anilines is 1. The van der Waals surface area contributed by atoms with Gasteiger partial charge in [0.1, 0.15) is 17.4 Å². The molecular weight excluding hydrogens is 380 g/mol. The summed E-state index contributed by atoms with van der Waals surface area (Å²) < 4.78 is 10.9. The number of halogens is 1. The fourth-order valence-electron chi connectivity index (χ4n) is 2.66. The number of rotatable bonds is 5. The number of carbonyl (C=O) groups excluding carboxylic acids is 1. The van der Waals surface area contributed by atoms with Crippen molar-refractivity contribution in [1.29, 1.82) is 0 Å². The Morgan fingerprint density at radius 1 is 1.18 bits per heavy atom. The van der Waals surface area contributed by atoms with Crippen LogP contribution in [-0.4, -0.2) is 27.6 Å². The maximum atomic E-state index is 12.2. The van der Waals surface area contributed by atoms with Crippen molar-refractivity contribution in [3.05, 3.63) is 65.4 Å². The average Bonchev–Trinajstić information content (AvgIpc) is 3.15. The van der Waals surface area contributed by atoms with Crippen LogP contribution in [-0.2, 0) is 4.79 Å². The minimum Gasteiger partial charge on any atom is -0.467 e. The molecule has 2 heterocycles. The molecule has 4 aromatic rings. The van der Waals surface area contributed by atoms with Crippen molar-refractivity contribution in [3.63, 3.8) is 0 Å². The Hall–Kier alpha value is -3.45. The predicted molar refractivity (Wildman–Crippen MR) is 105 cm³/mol. The Morgan fingerprint density at radius 3 is 2.79 bits per heavy atom. The molecule has 0 unspecified atom stereocenters. The first-order valence-corrected chi connectivity index (χ1v) is 8.84. The largest absolute Gasteiger partial charge is 0.467 e. The number of aromatic nitrogens is 3. The van der Waals surface area contributed by atoms with E-state index in [0.717, 1.165) is 11.1 Å². The summed E-state index contributed by atoms with van der Waals surface area (Å²) in [5, 5.41) is 7.89. The van der Waals surface area contributed by atoms with Crippen molar-refractivity contribution in [1.82, 2.24) is 15.1 Å².